The van der Waals surface area contributed by atoms with Crippen LogP contribution in [0, 0.1) is 0 Å². The van der Waals surface area contributed by atoms with E-state index in [4.69, 9.17) is 0 Å². The molecule has 0 radical (unpaired) electrons. The van der Waals surface area contributed by atoms with E-state index in [0.717, 1.165) is 12.8 Å². The summed E-state index contributed by atoms with van der Waals surface area (Å²) in [5.41, 5.74) is 0. The molecule has 0 spiro atoms. The number of carbonyl (C=O) groups is 1. The molecule has 3 heteroatoms. The molecule has 0 unspecified atom stereocenters. The number of isothiocyanates is 1. The van der Waals surface area contributed by atoms with Gasteiger partial charge >= 0.3 is 0 Å². The van der Waals surface area contributed by atoms with Crippen molar-refractivity contribution in [2.45, 2.75) is 32.6 Å². The largest absolute Gasteiger partial charge is 0.300 e. The Balaban J connectivity index is 3.14. The van der Waals surface area contributed by atoms with E-state index in [1.165, 1.54) is 0 Å². The maximum Gasteiger partial charge on any atom is 0.132 e. The number of ketones is 1. The maximum atomic E-state index is 10.8. The average Bonchev–Trinajstić information content (AvgIpc) is 2.04. The molecule has 0 heterocycles. The number of nitrogens with zero attached hydrogens (tertiary/aromatic N) is 1. The standard InChI is InChI=1S/C8H13NOS/c1-2-8(10)5-3-4-6-9-7-11/h2-6H2,1H3. The predicted molar refractivity (Wildman–Crippen MR) is 49.0 cm³/mol. The van der Waals surface area contributed by atoms with Gasteiger partial charge in [-0.25, -0.2) is 4.99 Å². The van der Waals surface area contributed by atoms with Gasteiger partial charge in [-0.15, -0.1) is 0 Å². The van der Waals surface area contributed by atoms with Crippen LogP contribution in [0.3, 0.4) is 0 Å². The zero-order valence-corrected chi connectivity index (χ0v) is 7.62. The highest BCUT2D eigenvalue weighted by atomic mass is 32.1. The molecule has 0 aliphatic rings. The summed E-state index contributed by atoms with van der Waals surface area (Å²) in [6.07, 6.45) is 3.20. The average molecular weight is 171 g/mol. The minimum absolute atomic E-state index is 0.330. The Labute approximate surface area is 72.7 Å². The Bertz CT molecular complexity index is 161. The van der Waals surface area contributed by atoms with Crippen LogP contribution in [0.4, 0.5) is 0 Å². The first kappa shape index (κ1) is 10.5. The number of carbonyl (C=O) groups excluding carboxylic acids is 1. The van der Waals surface area contributed by atoms with Crippen molar-refractivity contribution in [2.75, 3.05) is 6.54 Å². The van der Waals surface area contributed by atoms with Gasteiger partial charge in [0.25, 0.3) is 0 Å². The number of rotatable bonds is 6. The van der Waals surface area contributed by atoms with E-state index in [-0.39, 0.29) is 0 Å². The molecule has 0 N–H and O–H groups in total. The topological polar surface area (TPSA) is 29.4 Å². The van der Waals surface area contributed by atoms with Crippen LogP contribution in [0.1, 0.15) is 32.6 Å². The fraction of sp³-hybridized carbons (Fsp3) is 0.750. The van der Waals surface area contributed by atoms with Crippen LogP contribution < -0.4 is 0 Å². The van der Waals surface area contributed by atoms with Crippen LogP contribution in [-0.4, -0.2) is 17.5 Å². The molecule has 0 aromatic heterocycles. The molecular weight excluding hydrogens is 158 g/mol. The van der Waals surface area contributed by atoms with E-state index in [2.05, 4.69) is 22.4 Å². The summed E-state index contributed by atoms with van der Waals surface area (Å²) in [5.74, 6) is 0.330. The molecule has 0 amide bonds. The smallest absolute Gasteiger partial charge is 0.132 e. The van der Waals surface area contributed by atoms with Gasteiger partial charge in [0.2, 0.25) is 0 Å². The second-order valence-electron chi connectivity index (χ2n) is 2.32. The first-order chi connectivity index (χ1) is 5.31. The van der Waals surface area contributed by atoms with E-state index in [0.29, 0.717) is 25.2 Å². The highest BCUT2D eigenvalue weighted by Gasteiger charge is 1.95. The molecule has 0 rings (SSSR count). The number of Topliss-reactive ketones (excluding diaryl/α,β-unsaturated/α-hetero) is 1. The lowest BCUT2D eigenvalue weighted by atomic mass is 10.1. The Morgan fingerprint density at radius 2 is 2.27 bits per heavy atom. The van der Waals surface area contributed by atoms with Gasteiger partial charge in [0.05, 0.1) is 5.16 Å². The van der Waals surface area contributed by atoms with Gasteiger partial charge in [-0.05, 0) is 25.1 Å². The lowest BCUT2D eigenvalue weighted by Gasteiger charge is -1.94. The summed E-state index contributed by atoms with van der Waals surface area (Å²) in [6.45, 7) is 2.60. The lowest BCUT2D eigenvalue weighted by molar-refractivity contribution is -0.118. The van der Waals surface area contributed by atoms with Crippen LogP contribution in [0.15, 0.2) is 4.99 Å². The molecule has 11 heavy (non-hydrogen) atoms. The van der Waals surface area contributed by atoms with Gasteiger partial charge in [-0.1, -0.05) is 6.92 Å². The molecule has 0 saturated carbocycles. The van der Waals surface area contributed by atoms with Gasteiger partial charge in [0.15, 0.2) is 0 Å². The van der Waals surface area contributed by atoms with Crippen molar-refractivity contribution in [1.82, 2.24) is 0 Å². The quantitative estimate of drug-likeness (QED) is 0.348. The third kappa shape index (κ3) is 7.37. The van der Waals surface area contributed by atoms with Gasteiger partial charge in [0.1, 0.15) is 5.78 Å². The first-order valence-electron chi connectivity index (χ1n) is 3.86. The summed E-state index contributed by atoms with van der Waals surface area (Å²) in [5, 5.41) is 2.29. The Morgan fingerprint density at radius 1 is 1.55 bits per heavy atom. The molecule has 0 aliphatic heterocycles. The SMILES string of the molecule is CCC(=O)CCCCN=C=S. The van der Waals surface area contributed by atoms with Crippen molar-refractivity contribution in [3.63, 3.8) is 0 Å². The zero-order valence-electron chi connectivity index (χ0n) is 6.80. The van der Waals surface area contributed by atoms with Crippen LogP contribution in [0.25, 0.3) is 0 Å². The van der Waals surface area contributed by atoms with E-state index in [1.54, 1.807) is 0 Å². The van der Waals surface area contributed by atoms with Gasteiger partial charge in [-0.3, -0.25) is 4.79 Å². The van der Waals surface area contributed by atoms with Gasteiger partial charge in [0, 0.05) is 19.4 Å². The fourth-order valence-electron chi connectivity index (χ4n) is 0.735. The third-order valence-electron chi connectivity index (χ3n) is 1.43. The van der Waals surface area contributed by atoms with E-state index in [1.807, 2.05) is 6.92 Å². The van der Waals surface area contributed by atoms with Crippen molar-refractivity contribution in [3.8, 4) is 0 Å². The van der Waals surface area contributed by atoms with Crippen LogP contribution in [0.5, 0.6) is 0 Å². The second-order valence-corrected chi connectivity index (χ2v) is 2.50. The lowest BCUT2D eigenvalue weighted by Crippen LogP contribution is -1.94. The predicted octanol–water partition coefficient (Wildman–Crippen LogP) is 2.24. The van der Waals surface area contributed by atoms with Crippen LogP contribution in [0.2, 0.25) is 0 Å². The highest BCUT2D eigenvalue weighted by Crippen LogP contribution is 1.98. The molecule has 0 aromatic rings. The van der Waals surface area contributed by atoms with Gasteiger partial charge in [-0.2, -0.15) is 0 Å². The fourth-order valence-corrected chi connectivity index (χ4v) is 0.827. The third-order valence-corrected chi connectivity index (χ3v) is 1.56. The van der Waals surface area contributed by atoms with Crippen molar-refractivity contribution >= 4 is 23.2 Å². The van der Waals surface area contributed by atoms with Crippen LogP contribution >= 0.6 is 12.2 Å². The van der Waals surface area contributed by atoms with E-state index in [9.17, 15) is 4.79 Å². The molecular formula is C8H13NOS. The summed E-state index contributed by atoms with van der Waals surface area (Å²) >= 11 is 4.39. The molecule has 0 aliphatic carbocycles. The van der Waals surface area contributed by atoms with Gasteiger partial charge < -0.3 is 0 Å². The molecule has 0 aromatic carbocycles. The molecule has 0 atom stereocenters. The number of hydrogen-bond donors (Lipinski definition) is 0. The molecule has 0 saturated heterocycles. The van der Waals surface area contributed by atoms with Crippen molar-refractivity contribution < 1.29 is 4.79 Å². The number of thiocarbonyl (C=S) groups is 1. The van der Waals surface area contributed by atoms with Crippen molar-refractivity contribution in [1.29, 1.82) is 0 Å². The van der Waals surface area contributed by atoms with Crippen LogP contribution in [-0.2, 0) is 4.79 Å². The maximum absolute atomic E-state index is 10.8. The second kappa shape index (κ2) is 7.58. The Hall–Kier alpha value is -0.530. The normalized spacial score (nSPS) is 8.82. The molecule has 0 fully saturated rings. The molecule has 62 valence electrons. The zero-order chi connectivity index (χ0) is 8.53. The molecule has 2 nitrogen and oxygen atoms in total. The monoisotopic (exact) mass is 171 g/mol. The summed E-state index contributed by atoms with van der Waals surface area (Å²) in [7, 11) is 0. The number of hydrogen-bond acceptors (Lipinski definition) is 3. The Kier molecular flexibility index (Phi) is 7.21. The number of unbranched alkanes of at least 4 members (excludes halogenated alkanes) is 1. The summed E-state index contributed by atoms with van der Waals surface area (Å²) < 4.78 is 0. The Morgan fingerprint density at radius 3 is 2.82 bits per heavy atom. The van der Waals surface area contributed by atoms with Crippen molar-refractivity contribution in [2.24, 2.45) is 4.99 Å². The summed E-state index contributed by atoms with van der Waals surface area (Å²) in [6, 6.07) is 0. The number of aliphatic imine (C=N–C) groups is 1. The molecule has 0 bridgehead atoms. The minimum atomic E-state index is 0.330. The van der Waals surface area contributed by atoms with E-state index < -0.39 is 0 Å². The summed E-state index contributed by atoms with van der Waals surface area (Å²) in [4.78, 5) is 14.5. The first-order valence-corrected chi connectivity index (χ1v) is 4.27. The van der Waals surface area contributed by atoms with E-state index >= 15 is 0 Å². The van der Waals surface area contributed by atoms with Crippen molar-refractivity contribution in [3.05, 3.63) is 0 Å². The highest BCUT2D eigenvalue weighted by molar-refractivity contribution is 7.78. The minimum Gasteiger partial charge on any atom is -0.300 e.